The smallest absolute Gasteiger partial charge is 0.194 e. The van der Waals surface area contributed by atoms with E-state index in [-0.39, 0.29) is 24.0 Å². The van der Waals surface area contributed by atoms with Crippen molar-refractivity contribution >= 4 is 52.9 Å². The van der Waals surface area contributed by atoms with E-state index in [1.165, 1.54) is 4.88 Å². The van der Waals surface area contributed by atoms with Gasteiger partial charge in [0.15, 0.2) is 5.96 Å². The molecule has 1 aliphatic heterocycles. The molecule has 1 aliphatic rings. The molecule has 1 saturated heterocycles. The molecule has 0 spiro atoms. The first-order valence-corrected chi connectivity index (χ1v) is 10.4. The highest BCUT2D eigenvalue weighted by molar-refractivity contribution is 14.0. The van der Waals surface area contributed by atoms with Gasteiger partial charge in [-0.25, -0.2) is 0 Å². The number of hydrogen-bond acceptors (Lipinski definition) is 5. The molecule has 2 aromatic rings. The molecule has 0 aliphatic carbocycles. The fraction of sp³-hybridized carbons (Fsp3) is 0.474. The number of aliphatic imine (C=N–C) groups is 1. The van der Waals surface area contributed by atoms with Crippen LogP contribution in [0.25, 0.3) is 0 Å². The highest BCUT2D eigenvalue weighted by atomic mass is 127. The number of aromatic nitrogens is 1. The third-order valence-corrected chi connectivity index (χ3v) is 5.74. The molecule has 9 heteroatoms. The summed E-state index contributed by atoms with van der Waals surface area (Å²) in [7, 11) is 0. The second-order valence-electron chi connectivity index (χ2n) is 6.46. The van der Waals surface area contributed by atoms with Gasteiger partial charge in [0.25, 0.3) is 0 Å². The van der Waals surface area contributed by atoms with Crippen LogP contribution in [0.1, 0.15) is 23.5 Å². The SMILES string of the molecule is CCNC(=NCC(O)c1ccncc1)N1CCN(Cc2ccc(Cl)s2)CC1.I. The molecule has 0 saturated carbocycles. The first-order valence-electron chi connectivity index (χ1n) is 9.23. The molecule has 1 unspecified atom stereocenters. The van der Waals surface area contributed by atoms with Crippen LogP contribution in [0.3, 0.4) is 0 Å². The van der Waals surface area contributed by atoms with Crippen molar-refractivity contribution in [3.8, 4) is 0 Å². The molecule has 1 atom stereocenters. The number of aliphatic hydroxyl groups is 1. The van der Waals surface area contributed by atoms with Crippen molar-refractivity contribution in [1.29, 1.82) is 0 Å². The van der Waals surface area contributed by atoms with E-state index in [4.69, 9.17) is 11.6 Å². The van der Waals surface area contributed by atoms with Crippen LogP contribution in [0, 0.1) is 0 Å². The van der Waals surface area contributed by atoms with Gasteiger partial charge in [-0.15, -0.1) is 35.3 Å². The Balaban J connectivity index is 0.00000280. The molecule has 28 heavy (non-hydrogen) atoms. The van der Waals surface area contributed by atoms with Crippen LogP contribution in [0.4, 0.5) is 0 Å². The number of nitrogens with one attached hydrogen (secondary N) is 1. The van der Waals surface area contributed by atoms with Crippen LogP contribution in [0.5, 0.6) is 0 Å². The summed E-state index contributed by atoms with van der Waals surface area (Å²) in [6, 6.07) is 7.71. The van der Waals surface area contributed by atoms with Crippen LogP contribution < -0.4 is 5.32 Å². The van der Waals surface area contributed by atoms with E-state index in [9.17, 15) is 5.11 Å². The third-order valence-electron chi connectivity index (χ3n) is 4.52. The van der Waals surface area contributed by atoms with E-state index in [1.54, 1.807) is 23.7 Å². The maximum absolute atomic E-state index is 10.3. The largest absolute Gasteiger partial charge is 0.386 e. The average Bonchev–Trinajstić information content (AvgIpc) is 3.11. The summed E-state index contributed by atoms with van der Waals surface area (Å²) in [5.41, 5.74) is 0.837. The maximum atomic E-state index is 10.3. The Bertz CT molecular complexity index is 737. The van der Waals surface area contributed by atoms with E-state index in [0.717, 1.165) is 55.1 Å². The average molecular weight is 536 g/mol. The van der Waals surface area contributed by atoms with Gasteiger partial charge in [0.05, 0.1) is 17.0 Å². The van der Waals surface area contributed by atoms with Crippen molar-refractivity contribution in [2.75, 3.05) is 39.3 Å². The number of halogens is 2. The molecular weight excluding hydrogens is 509 g/mol. The Labute approximate surface area is 192 Å². The summed E-state index contributed by atoms with van der Waals surface area (Å²) >= 11 is 7.67. The Morgan fingerprint density at radius 3 is 2.57 bits per heavy atom. The highest BCUT2D eigenvalue weighted by Crippen LogP contribution is 2.23. The standard InChI is InChI=1S/C19H26ClN5OS.HI/c1-2-22-19(23-13-17(26)15-5-7-21-8-6-15)25-11-9-24(10-12-25)14-16-3-4-18(20)27-16;/h3-8,17,26H,2,9-14H2,1H3,(H,22,23);1H. The van der Waals surface area contributed by atoms with E-state index >= 15 is 0 Å². The zero-order valence-electron chi connectivity index (χ0n) is 15.9. The van der Waals surface area contributed by atoms with Crippen LogP contribution >= 0.6 is 46.9 Å². The van der Waals surface area contributed by atoms with Crippen LogP contribution in [0.15, 0.2) is 41.7 Å². The van der Waals surface area contributed by atoms with Crippen molar-refractivity contribution in [3.63, 3.8) is 0 Å². The molecule has 154 valence electrons. The van der Waals surface area contributed by atoms with Gasteiger partial charge in [0.1, 0.15) is 0 Å². The van der Waals surface area contributed by atoms with Crippen molar-refractivity contribution in [2.24, 2.45) is 4.99 Å². The number of rotatable bonds is 6. The normalized spacial score (nSPS) is 16.5. The molecular formula is C19H27ClIN5OS. The van der Waals surface area contributed by atoms with E-state index in [1.807, 2.05) is 18.2 Å². The van der Waals surface area contributed by atoms with Gasteiger partial charge in [-0.1, -0.05) is 11.6 Å². The fourth-order valence-corrected chi connectivity index (χ4v) is 4.19. The first-order chi connectivity index (χ1) is 13.2. The van der Waals surface area contributed by atoms with Gasteiger partial charge >= 0.3 is 0 Å². The summed E-state index contributed by atoms with van der Waals surface area (Å²) in [5.74, 6) is 0.865. The first kappa shape index (κ1) is 23.3. The molecule has 0 bridgehead atoms. The zero-order valence-corrected chi connectivity index (χ0v) is 19.8. The van der Waals surface area contributed by atoms with Gasteiger partial charge in [-0.3, -0.25) is 14.9 Å². The molecule has 2 aromatic heterocycles. The zero-order chi connectivity index (χ0) is 19.1. The quantitative estimate of drug-likeness (QED) is 0.338. The molecule has 0 radical (unpaired) electrons. The van der Waals surface area contributed by atoms with Crippen LogP contribution in [-0.4, -0.2) is 65.1 Å². The highest BCUT2D eigenvalue weighted by Gasteiger charge is 2.20. The van der Waals surface area contributed by atoms with E-state index in [0.29, 0.717) is 6.54 Å². The lowest BCUT2D eigenvalue weighted by Gasteiger charge is -2.36. The van der Waals surface area contributed by atoms with Gasteiger partial charge in [-0.2, -0.15) is 0 Å². The Morgan fingerprint density at radius 1 is 1.25 bits per heavy atom. The van der Waals surface area contributed by atoms with Crippen molar-refractivity contribution in [2.45, 2.75) is 19.6 Å². The summed E-state index contributed by atoms with van der Waals surface area (Å²) in [5, 5.41) is 13.7. The second kappa shape index (κ2) is 11.9. The minimum atomic E-state index is -0.619. The van der Waals surface area contributed by atoms with E-state index in [2.05, 4.69) is 38.1 Å². The summed E-state index contributed by atoms with van der Waals surface area (Å²) in [6.45, 7) is 7.93. The summed E-state index contributed by atoms with van der Waals surface area (Å²) in [6.07, 6.45) is 2.76. The van der Waals surface area contributed by atoms with Crippen LogP contribution in [-0.2, 0) is 6.54 Å². The molecule has 0 amide bonds. The number of piperazine rings is 1. The minimum absolute atomic E-state index is 0. The third kappa shape index (κ3) is 6.84. The lowest BCUT2D eigenvalue weighted by Crippen LogP contribution is -2.52. The van der Waals surface area contributed by atoms with Crippen LogP contribution in [0.2, 0.25) is 4.34 Å². The molecule has 1 fully saturated rings. The number of hydrogen-bond donors (Lipinski definition) is 2. The van der Waals surface area contributed by atoms with Gasteiger partial charge in [0.2, 0.25) is 0 Å². The van der Waals surface area contributed by atoms with Crippen molar-refractivity contribution < 1.29 is 5.11 Å². The number of aliphatic hydroxyl groups excluding tert-OH is 1. The number of guanidine groups is 1. The molecule has 6 nitrogen and oxygen atoms in total. The van der Waals surface area contributed by atoms with Crippen molar-refractivity contribution in [1.82, 2.24) is 20.1 Å². The lowest BCUT2D eigenvalue weighted by atomic mass is 10.1. The monoisotopic (exact) mass is 535 g/mol. The van der Waals surface area contributed by atoms with Gasteiger partial charge in [0, 0.05) is 56.5 Å². The maximum Gasteiger partial charge on any atom is 0.194 e. The lowest BCUT2D eigenvalue weighted by molar-refractivity contribution is 0.170. The Hall–Kier alpha value is -0.940. The minimum Gasteiger partial charge on any atom is -0.386 e. The Kier molecular flexibility index (Phi) is 9.93. The molecule has 3 rings (SSSR count). The predicted octanol–water partition coefficient (Wildman–Crippen LogP) is 3.23. The number of thiophene rings is 1. The number of pyridine rings is 1. The molecule has 3 heterocycles. The topological polar surface area (TPSA) is 64.0 Å². The van der Waals surface area contributed by atoms with Gasteiger partial charge in [-0.05, 0) is 36.8 Å². The fourth-order valence-electron chi connectivity index (χ4n) is 3.06. The Morgan fingerprint density at radius 2 is 1.96 bits per heavy atom. The van der Waals surface area contributed by atoms with Gasteiger partial charge < -0.3 is 15.3 Å². The summed E-state index contributed by atoms with van der Waals surface area (Å²) in [4.78, 5) is 14.6. The summed E-state index contributed by atoms with van der Waals surface area (Å²) < 4.78 is 0.845. The van der Waals surface area contributed by atoms with E-state index < -0.39 is 6.10 Å². The molecule has 0 aromatic carbocycles. The van der Waals surface area contributed by atoms with Crippen molar-refractivity contribution in [3.05, 3.63) is 51.4 Å². The molecule has 2 N–H and O–H groups in total. The number of nitrogens with zero attached hydrogens (tertiary/aromatic N) is 4. The second-order valence-corrected chi connectivity index (χ2v) is 8.26. The predicted molar refractivity (Wildman–Crippen MR) is 127 cm³/mol.